The van der Waals surface area contributed by atoms with Gasteiger partial charge >= 0.3 is 0 Å². The molecule has 2 rings (SSSR count). The lowest BCUT2D eigenvalue weighted by Crippen LogP contribution is -2.45. The van der Waals surface area contributed by atoms with Gasteiger partial charge in [0.05, 0.1) is 0 Å². The molecule has 1 aromatic carbocycles. The second kappa shape index (κ2) is 7.48. The quantitative estimate of drug-likeness (QED) is 0.836. The van der Waals surface area contributed by atoms with Crippen LogP contribution < -0.4 is 10.5 Å². The summed E-state index contributed by atoms with van der Waals surface area (Å²) in [6.45, 7) is 10.3. The van der Waals surface area contributed by atoms with Crippen molar-refractivity contribution in [3.63, 3.8) is 0 Å². The topological polar surface area (TPSA) is 41.7 Å². The molecular weight excluding hydrogens is 238 g/mol. The standard InChI is InChI=1S/C15H25N3O/c1-2-17-8-10-18(11-9-17)13-14-3-5-15(6-4-14)19-12-7-16/h3-6H,2,7-13,16H2,1H3. The number of ether oxygens (including phenoxy) is 1. The van der Waals surface area contributed by atoms with Gasteiger partial charge in [-0.3, -0.25) is 4.90 Å². The predicted octanol–water partition coefficient (Wildman–Crippen LogP) is 1.16. The Balaban J connectivity index is 1.79. The van der Waals surface area contributed by atoms with Gasteiger partial charge in [0.15, 0.2) is 0 Å². The number of hydrogen-bond acceptors (Lipinski definition) is 4. The van der Waals surface area contributed by atoms with Gasteiger partial charge in [0.25, 0.3) is 0 Å². The van der Waals surface area contributed by atoms with Gasteiger partial charge in [-0.15, -0.1) is 0 Å². The van der Waals surface area contributed by atoms with Crippen molar-refractivity contribution in [1.29, 1.82) is 0 Å². The molecule has 1 heterocycles. The van der Waals surface area contributed by atoms with E-state index in [1.54, 1.807) is 0 Å². The Kier molecular flexibility index (Phi) is 5.63. The molecule has 1 fully saturated rings. The van der Waals surface area contributed by atoms with Gasteiger partial charge < -0.3 is 15.4 Å². The average molecular weight is 263 g/mol. The number of piperazine rings is 1. The summed E-state index contributed by atoms with van der Waals surface area (Å²) in [5, 5.41) is 0. The fraction of sp³-hybridized carbons (Fsp3) is 0.600. The van der Waals surface area contributed by atoms with Gasteiger partial charge in [-0.1, -0.05) is 19.1 Å². The molecule has 1 aromatic rings. The maximum Gasteiger partial charge on any atom is 0.119 e. The molecule has 106 valence electrons. The third kappa shape index (κ3) is 4.49. The van der Waals surface area contributed by atoms with E-state index < -0.39 is 0 Å². The Morgan fingerprint density at radius 2 is 1.68 bits per heavy atom. The monoisotopic (exact) mass is 263 g/mol. The third-order valence-corrected chi connectivity index (χ3v) is 3.63. The van der Waals surface area contributed by atoms with Crippen LogP contribution in [0.25, 0.3) is 0 Å². The first-order valence-corrected chi connectivity index (χ1v) is 7.18. The number of nitrogens with zero attached hydrogens (tertiary/aromatic N) is 2. The van der Waals surface area contributed by atoms with E-state index in [2.05, 4.69) is 28.9 Å². The second-order valence-corrected chi connectivity index (χ2v) is 4.99. The van der Waals surface area contributed by atoms with Gasteiger partial charge in [-0.25, -0.2) is 0 Å². The zero-order valence-electron chi connectivity index (χ0n) is 11.8. The summed E-state index contributed by atoms with van der Waals surface area (Å²) in [5.74, 6) is 0.907. The summed E-state index contributed by atoms with van der Waals surface area (Å²) in [5.41, 5.74) is 6.77. The Labute approximate surface area is 116 Å². The molecule has 0 spiro atoms. The minimum atomic E-state index is 0.559. The lowest BCUT2D eigenvalue weighted by atomic mass is 10.2. The van der Waals surface area contributed by atoms with Crippen molar-refractivity contribution in [1.82, 2.24) is 9.80 Å². The van der Waals surface area contributed by atoms with Crippen molar-refractivity contribution in [2.75, 3.05) is 45.9 Å². The van der Waals surface area contributed by atoms with Crippen LogP contribution >= 0.6 is 0 Å². The summed E-state index contributed by atoms with van der Waals surface area (Å²) in [6, 6.07) is 8.37. The van der Waals surface area contributed by atoms with E-state index in [0.29, 0.717) is 13.2 Å². The van der Waals surface area contributed by atoms with Crippen LogP contribution in [0.15, 0.2) is 24.3 Å². The second-order valence-electron chi connectivity index (χ2n) is 4.99. The molecule has 0 amide bonds. The van der Waals surface area contributed by atoms with Crippen LogP contribution in [0.3, 0.4) is 0 Å². The van der Waals surface area contributed by atoms with E-state index in [9.17, 15) is 0 Å². The third-order valence-electron chi connectivity index (χ3n) is 3.63. The lowest BCUT2D eigenvalue weighted by molar-refractivity contribution is 0.132. The molecule has 0 radical (unpaired) electrons. The summed E-state index contributed by atoms with van der Waals surface area (Å²) < 4.78 is 5.48. The largest absolute Gasteiger partial charge is 0.492 e. The van der Waals surface area contributed by atoms with Crippen molar-refractivity contribution >= 4 is 0 Å². The molecule has 0 bridgehead atoms. The highest BCUT2D eigenvalue weighted by Crippen LogP contribution is 2.14. The molecule has 4 heteroatoms. The van der Waals surface area contributed by atoms with Crippen LogP contribution in [0, 0.1) is 0 Å². The van der Waals surface area contributed by atoms with Crippen molar-refractivity contribution in [2.45, 2.75) is 13.5 Å². The summed E-state index contributed by atoms with van der Waals surface area (Å²) in [7, 11) is 0. The minimum absolute atomic E-state index is 0.559. The van der Waals surface area contributed by atoms with E-state index in [-0.39, 0.29) is 0 Å². The maximum absolute atomic E-state index is 5.48. The van der Waals surface area contributed by atoms with Crippen LogP contribution in [0.5, 0.6) is 5.75 Å². The maximum atomic E-state index is 5.48. The molecule has 0 saturated carbocycles. The predicted molar refractivity (Wildman–Crippen MR) is 78.4 cm³/mol. The van der Waals surface area contributed by atoms with Crippen molar-refractivity contribution in [3.05, 3.63) is 29.8 Å². The molecule has 1 aliphatic rings. The highest BCUT2D eigenvalue weighted by atomic mass is 16.5. The minimum Gasteiger partial charge on any atom is -0.492 e. The first-order valence-electron chi connectivity index (χ1n) is 7.18. The SMILES string of the molecule is CCN1CCN(Cc2ccc(OCCN)cc2)CC1. The van der Waals surface area contributed by atoms with E-state index in [0.717, 1.165) is 12.3 Å². The zero-order valence-corrected chi connectivity index (χ0v) is 11.8. The van der Waals surface area contributed by atoms with Gasteiger partial charge in [0.1, 0.15) is 12.4 Å². The van der Waals surface area contributed by atoms with Gasteiger partial charge in [-0.2, -0.15) is 0 Å². The Hall–Kier alpha value is -1.10. The molecule has 0 aliphatic carbocycles. The molecule has 1 saturated heterocycles. The molecule has 1 aliphatic heterocycles. The number of rotatable bonds is 6. The van der Waals surface area contributed by atoms with E-state index >= 15 is 0 Å². The van der Waals surface area contributed by atoms with Crippen molar-refractivity contribution in [2.24, 2.45) is 5.73 Å². The number of benzene rings is 1. The lowest BCUT2D eigenvalue weighted by Gasteiger charge is -2.34. The van der Waals surface area contributed by atoms with Crippen molar-refractivity contribution < 1.29 is 4.74 Å². The highest BCUT2D eigenvalue weighted by molar-refractivity contribution is 5.27. The first kappa shape index (κ1) is 14.3. The molecule has 19 heavy (non-hydrogen) atoms. The fourth-order valence-electron chi connectivity index (χ4n) is 2.39. The van der Waals surface area contributed by atoms with Gasteiger partial charge in [0.2, 0.25) is 0 Å². The smallest absolute Gasteiger partial charge is 0.119 e. The van der Waals surface area contributed by atoms with E-state index in [4.69, 9.17) is 10.5 Å². The Bertz CT molecular complexity index is 358. The van der Waals surface area contributed by atoms with Crippen LogP contribution in [0.2, 0.25) is 0 Å². The average Bonchev–Trinajstić information content (AvgIpc) is 2.47. The summed E-state index contributed by atoms with van der Waals surface area (Å²) in [4.78, 5) is 5.02. The molecule has 0 aromatic heterocycles. The summed E-state index contributed by atoms with van der Waals surface area (Å²) >= 11 is 0. The van der Waals surface area contributed by atoms with Gasteiger partial charge in [0, 0.05) is 39.3 Å². The summed E-state index contributed by atoms with van der Waals surface area (Å²) in [6.07, 6.45) is 0. The molecule has 0 atom stereocenters. The molecular formula is C15H25N3O. The van der Waals surface area contributed by atoms with Crippen LogP contribution in [-0.2, 0) is 6.54 Å². The van der Waals surface area contributed by atoms with Crippen molar-refractivity contribution in [3.8, 4) is 5.75 Å². The Morgan fingerprint density at radius 1 is 1.05 bits per heavy atom. The first-order chi connectivity index (χ1) is 9.31. The number of likely N-dealkylation sites (N-methyl/N-ethyl adjacent to an activating group) is 1. The fourth-order valence-corrected chi connectivity index (χ4v) is 2.39. The molecule has 2 N–H and O–H groups in total. The highest BCUT2D eigenvalue weighted by Gasteiger charge is 2.15. The zero-order chi connectivity index (χ0) is 13.5. The van der Waals surface area contributed by atoms with Crippen LogP contribution in [0.1, 0.15) is 12.5 Å². The van der Waals surface area contributed by atoms with E-state index in [1.165, 1.54) is 38.3 Å². The normalized spacial score (nSPS) is 17.6. The van der Waals surface area contributed by atoms with Gasteiger partial charge in [-0.05, 0) is 24.2 Å². The van der Waals surface area contributed by atoms with Crippen LogP contribution in [0.4, 0.5) is 0 Å². The number of nitrogens with two attached hydrogens (primary N) is 1. The molecule has 0 unspecified atom stereocenters. The Morgan fingerprint density at radius 3 is 2.26 bits per heavy atom. The van der Waals surface area contributed by atoms with E-state index in [1.807, 2.05) is 12.1 Å². The number of hydrogen-bond donors (Lipinski definition) is 1. The molecule has 4 nitrogen and oxygen atoms in total. The van der Waals surface area contributed by atoms with Crippen LogP contribution in [-0.4, -0.2) is 55.7 Å².